The molecule has 0 atom stereocenters. The summed E-state index contributed by atoms with van der Waals surface area (Å²) in [6.45, 7) is 0. The molecule has 3 aromatic rings. The van der Waals surface area contributed by atoms with E-state index in [2.05, 4.69) is 0 Å². The Morgan fingerprint density at radius 2 is 1.42 bits per heavy atom. The number of ether oxygens (including phenoxy) is 1. The van der Waals surface area contributed by atoms with E-state index in [4.69, 9.17) is 14.9 Å². The highest BCUT2D eigenvalue weighted by Gasteiger charge is 2.37. The Morgan fingerprint density at radius 1 is 0.833 bits per heavy atom. The fourth-order valence-corrected chi connectivity index (χ4v) is 3.08. The summed E-state index contributed by atoms with van der Waals surface area (Å²) in [7, 11) is 1.53. The summed E-state index contributed by atoms with van der Waals surface area (Å²) in [4.78, 5) is 25.6. The number of benzene rings is 2. The van der Waals surface area contributed by atoms with Crippen molar-refractivity contribution < 1.29 is 18.7 Å². The first-order chi connectivity index (χ1) is 11.6. The number of furan rings is 1. The molecule has 1 aliphatic rings. The van der Waals surface area contributed by atoms with Crippen LogP contribution in [0.4, 0.5) is 5.88 Å². The molecule has 24 heavy (non-hydrogen) atoms. The number of hydrogen-bond acceptors (Lipinski definition) is 5. The molecule has 2 N–H and O–H groups in total. The lowest BCUT2D eigenvalue weighted by atomic mass is 9.85. The molecule has 0 saturated carbocycles. The molecule has 1 aliphatic carbocycles. The lowest BCUT2D eigenvalue weighted by Crippen LogP contribution is -2.19. The van der Waals surface area contributed by atoms with Gasteiger partial charge in [0, 0.05) is 16.7 Å². The molecule has 4 rings (SSSR count). The minimum Gasteiger partial charge on any atom is -0.496 e. The summed E-state index contributed by atoms with van der Waals surface area (Å²) in [6, 6.07) is 13.8. The number of nitrogen functional groups attached to an aromatic ring is 1. The van der Waals surface area contributed by atoms with Gasteiger partial charge in [-0.1, -0.05) is 42.5 Å². The number of nitrogens with two attached hydrogens (primary N) is 1. The van der Waals surface area contributed by atoms with Crippen LogP contribution in [0.15, 0.2) is 52.9 Å². The van der Waals surface area contributed by atoms with Gasteiger partial charge in [0.1, 0.15) is 5.75 Å². The molecule has 1 heterocycles. The van der Waals surface area contributed by atoms with E-state index in [0.29, 0.717) is 28.0 Å². The van der Waals surface area contributed by atoms with Crippen LogP contribution >= 0.6 is 0 Å². The minimum atomic E-state index is -0.340. The molecule has 0 unspecified atom stereocenters. The predicted octanol–water partition coefficient (Wildman–Crippen LogP) is 3.31. The number of para-hydroxylation sites is 1. The van der Waals surface area contributed by atoms with Crippen LogP contribution in [0.3, 0.4) is 0 Å². The van der Waals surface area contributed by atoms with Crippen molar-refractivity contribution in [2.45, 2.75) is 0 Å². The Labute approximate surface area is 137 Å². The van der Waals surface area contributed by atoms with E-state index in [1.54, 1.807) is 42.5 Å². The Bertz CT molecular complexity index is 1000. The highest BCUT2D eigenvalue weighted by atomic mass is 16.5. The molecule has 0 saturated heterocycles. The van der Waals surface area contributed by atoms with Crippen molar-refractivity contribution in [3.8, 4) is 16.9 Å². The van der Waals surface area contributed by atoms with Crippen LogP contribution in [0.1, 0.15) is 32.0 Å². The van der Waals surface area contributed by atoms with E-state index in [-0.39, 0.29) is 28.8 Å². The molecule has 5 heteroatoms. The van der Waals surface area contributed by atoms with Crippen LogP contribution in [0.2, 0.25) is 0 Å². The van der Waals surface area contributed by atoms with E-state index in [1.165, 1.54) is 7.11 Å². The summed E-state index contributed by atoms with van der Waals surface area (Å²) in [5, 5.41) is 0. The minimum absolute atomic E-state index is 0.0166. The first kappa shape index (κ1) is 14.3. The lowest BCUT2D eigenvalue weighted by molar-refractivity contribution is 0.0961. The fraction of sp³-hybridized carbons (Fsp3) is 0.0526. The third kappa shape index (κ3) is 1.81. The standard InChI is InChI=1S/C19H13NO4/c1-23-13-9-5-4-8-12(13)14-15-16(21)10-6-2-3-7-11(10)17(22)18(15)24-19(14)20/h2-9H,20H2,1H3. The number of carbonyl (C=O) groups is 2. The molecular weight excluding hydrogens is 306 g/mol. The number of rotatable bonds is 2. The molecule has 0 spiro atoms. The van der Waals surface area contributed by atoms with Crippen molar-refractivity contribution in [1.29, 1.82) is 0 Å². The average molecular weight is 319 g/mol. The van der Waals surface area contributed by atoms with Crippen LogP contribution in [-0.4, -0.2) is 18.7 Å². The Balaban J connectivity index is 2.03. The third-order valence-electron chi connectivity index (χ3n) is 4.16. The highest BCUT2D eigenvalue weighted by Crippen LogP contribution is 2.43. The number of methoxy groups -OCH3 is 1. The highest BCUT2D eigenvalue weighted by molar-refractivity contribution is 6.30. The summed E-state index contributed by atoms with van der Waals surface area (Å²) in [5.74, 6) is -0.0578. The Morgan fingerprint density at radius 3 is 2.08 bits per heavy atom. The zero-order chi connectivity index (χ0) is 16.8. The SMILES string of the molecule is COc1ccccc1-c1c(N)oc2c1C(=O)c1ccccc1C2=O. The number of carbonyl (C=O) groups excluding carboxylic acids is 2. The van der Waals surface area contributed by atoms with Gasteiger partial charge in [0.25, 0.3) is 0 Å². The van der Waals surface area contributed by atoms with Gasteiger partial charge in [-0.05, 0) is 6.07 Å². The van der Waals surface area contributed by atoms with Gasteiger partial charge in [0.15, 0.2) is 17.4 Å². The lowest BCUT2D eigenvalue weighted by Gasteiger charge is -2.14. The first-order valence-electron chi connectivity index (χ1n) is 7.37. The van der Waals surface area contributed by atoms with Gasteiger partial charge in [-0.25, -0.2) is 0 Å². The van der Waals surface area contributed by atoms with Gasteiger partial charge < -0.3 is 14.9 Å². The quantitative estimate of drug-likeness (QED) is 0.613. The molecule has 2 aromatic carbocycles. The van der Waals surface area contributed by atoms with E-state index in [9.17, 15) is 9.59 Å². The summed E-state index contributed by atoms with van der Waals surface area (Å²) < 4.78 is 10.8. The van der Waals surface area contributed by atoms with Crippen molar-refractivity contribution in [2.75, 3.05) is 12.8 Å². The molecule has 1 aromatic heterocycles. The van der Waals surface area contributed by atoms with Gasteiger partial charge in [-0.15, -0.1) is 0 Å². The maximum Gasteiger partial charge on any atom is 0.229 e. The molecule has 0 fully saturated rings. The Hall–Kier alpha value is -3.34. The molecular formula is C19H13NO4. The van der Waals surface area contributed by atoms with Crippen LogP contribution in [0.5, 0.6) is 5.75 Å². The van der Waals surface area contributed by atoms with E-state index < -0.39 is 0 Å². The second kappa shape index (κ2) is 5.09. The zero-order valence-electron chi connectivity index (χ0n) is 12.8. The average Bonchev–Trinajstić information content (AvgIpc) is 2.97. The van der Waals surface area contributed by atoms with Gasteiger partial charge in [-0.2, -0.15) is 0 Å². The summed E-state index contributed by atoms with van der Waals surface area (Å²) in [5.41, 5.74) is 7.90. The monoisotopic (exact) mass is 319 g/mol. The third-order valence-corrected chi connectivity index (χ3v) is 4.16. The van der Waals surface area contributed by atoms with Crippen LogP contribution < -0.4 is 10.5 Å². The maximum absolute atomic E-state index is 13.0. The normalized spacial score (nSPS) is 12.7. The zero-order valence-corrected chi connectivity index (χ0v) is 12.8. The van der Waals surface area contributed by atoms with Crippen molar-refractivity contribution in [2.24, 2.45) is 0 Å². The maximum atomic E-state index is 13.0. The molecule has 0 radical (unpaired) electrons. The second-order valence-corrected chi connectivity index (χ2v) is 5.45. The largest absolute Gasteiger partial charge is 0.496 e. The number of anilines is 1. The van der Waals surface area contributed by atoms with E-state index in [0.717, 1.165) is 0 Å². The predicted molar refractivity (Wildman–Crippen MR) is 88.4 cm³/mol. The van der Waals surface area contributed by atoms with Crippen molar-refractivity contribution in [3.63, 3.8) is 0 Å². The molecule has 0 aliphatic heterocycles. The van der Waals surface area contributed by atoms with Crippen LogP contribution in [0.25, 0.3) is 11.1 Å². The second-order valence-electron chi connectivity index (χ2n) is 5.45. The van der Waals surface area contributed by atoms with Crippen molar-refractivity contribution in [1.82, 2.24) is 0 Å². The smallest absolute Gasteiger partial charge is 0.229 e. The van der Waals surface area contributed by atoms with Gasteiger partial charge >= 0.3 is 0 Å². The molecule has 118 valence electrons. The van der Waals surface area contributed by atoms with E-state index in [1.807, 2.05) is 6.07 Å². The number of fused-ring (bicyclic) bond motifs is 2. The molecule has 0 amide bonds. The van der Waals surface area contributed by atoms with Crippen LogP contribution in [-0.2, 0) is 0 Å². The first-order valence-corrected chi connectivity index (χ1v) is 7.37. The van der Waals surface area contributed by atoms with Crippen LogP contribution in [0, 0.1) is 0 Å². The van der Waals surface area contributed by atoms with Gasteiger partial charge in [0.2, 0.25) is 5.78 Å². The summed E-state index contributed by atoms with van der Waals surface area (Å²) >= 11 is 0. The topological polar surface area (TPSA) is 82.5 Å². The van der Waals surface area contributed by atoms with Gasteiger partial charge in [0.05, 0.1) is 18.2 Å². The molecule has 5 nitrogen and oxygen atoms in total. The Kier molecular flexibility index (Phi) is 3.03. The van der Waals surface area contributed by atoms with Crippen molar-refractivity contribution >= 4 is 17.5 Å². The summed E-state index contributed by atoms with van der Waals surface area (Å²) in [6.07, 6.45) is 0. The molecule has 0 bridgehead atoms. The fourth-order valence-electron chi connectivity index (χ4n) is 3.08. The number of hydrogen-bond donors (Lipinski definition) is 1. The number of ketones is 2. The van der Waals surface area contributed by atoms with E-state index >= 15 is 0 Å². The van der Waals surface area contributed by atoms with Gasteiger partial charge in [-0.3, -0.25) is 9.59 Å². The van der Waals surface area contributed by atoms with Crippen molar-refractivity contribution in [3.05, 3.63) is 71.0 Å².